The number of pyridine rings is 1. The highest BCUT2D eigenvalue weighted by Gasteiger charge is 2.14. The second kappa shape index (κ2) is 5.37. The van der Waals surface area contributed by atoms with Gasteiger partial charge in [-0.2, -0.15) is 0 Å². The minimum atomic E-state index is -0.506. The molecule has 0 unspecified atom stereocenters. The molecule has 0 bridgehead atoms. The zero-order chi connectivity index (χ0) is 14.8. The first-order valence-corrected chi connectivity index (χ1v) is 6.37. The smallest absolute Gasteiger partial charge is 0.330 e. The lowest BCUT2D eigenvalue weighted by atomic mass is 10.1. The first kappa shape index (κ1) is 13.3. The molecule has 108 valence electrons. The third-order valence-corrected chi connectivity index (χ3v) is 3.18. The minimum absolute atomic E-state index is 0.303. The van der Waals surface area contributed by atoms with Crippen LogP contribution in [0, 0.1) is 0 Å². The molecule has 0 aliphatic rings. The molecule has 0 spiro atoms. The van der Waals surface area contributed by atoms with E-state index < -0.39 is 11.2 Å². The van der Waals surface area contributed by atoms with Crippen molar-refractivity contribution in [2.45, 2.75) is 6.54 Å². The van der Waals surface area contributed by atoms with Crippen LogP contribution in [0.5, 0.6) is 0 Å². The SMILES string of the molecule is COCCn1c(=O)[nH]c(=O)c2c(-c3ccco3)ccnc21. The summed E-state index contributed by atoms with van der Waals surface area (Å²) in [5, 5.41) is 0.322. The number of nitrogens with one attached hydrogen (secondary N) is 1. The number of hydrogen-bond donors (Lipinski definition) is 1. The molecule has 0 aliphatic heterocycles. The van der Waals surface area contributed by atoms with Crippen LogP contribution >= 0.6 is 0 Å². The Morgan fingerprint density at radius 2 is 2.24 bits per heavy atom. The molecule has 0 saturated heterocycles. The molecule has 0 aliphatic carbocycles. The largest absolute Gasteiger partial charge is 0.464 e. The molecule has 7 nitrogen and oxygen atoms in total. The monoisotopic (exact) mass is 287 g/mol. The number of hydrogen-bond acceptors (Lipinski definition) is 5. The Morgan fingerprint density at radius 1 is 1.38 bits per heavy atom. The summed E-state index contributed by atoms with van der Waals surface area (Å²) < 4.78 is 11.7. The fourth-order valence-electron chi connectivity index (χ4n) is 2.23. The van der Waals surface area contributed by atoms with Gasteiger partial charge in [0.05, 0.1) is 24.8 Å². The summed E-state index contributed by atoms with van der Waals surface area (Å²) in [5.41, 5.74) is -0.0797. The number of methoxy groups -OCH3 is 1. The summed E-state index contributed by atoms with van der Waals surface area (Å²) in [5.74, 6) is 0.546. The standard InChI is InChI=1S/C14H13N3O4/c1-20-8-6-17-12-11(13(18)16-14(17)19)9(4-5-15-12)10-3-2-7-21-10/h2-5,7H,6,8H2,1H3,(H,16,18,19). The maximum atomic E-state index is 12.2. The molecule has 0 aromatic carbocycles. The molecule has 0 saturated carbocycles. The van der Waals surface area contributed by atoms with Crippen LogP contribution in [0.2, 0.25) is 0 Å². The van der Waals surface area contributed by atoms with Gasteiger partial charge in [0.2, 0.25) is 0 Å². The van der Waals surface area contributed by atoms with Gasteiger partial charge in [-0.15, -0.1) is 0 Å². The third kappa shape index (κ3) is 2.27. The van der Waals surface area contributed by atoms with Gasteiger partial charge >= 0.3 is 5.69 Å². The summed E-state index contributed by atoms with van der Waals surface area (Å²) >= 11 is 0. The van der Waals surface area contributed by atoms with Gasteiger partial charge in [0.15, 0.2) is 0 Å². The highest BCUT2D eigenvalue weighted by Crippen LogP contribution is 2.24. The lowest BCUT2D eigenvalue weighted by Gasteiger charge is -2.09. The van der Waals surface area contributed by atoms with Crippen LogP contribution in [-0.2, 0) is 11.3 Å². The average Bonchev–Trinajstić information content (AvgIpc) is 3.00. The van der Waals surface area contributed by atoms with E-state index in [4.69, 9.17) is 9.15 Å². The molecule has 3 aromatic rings. The first-order valence-electron chi connectivity index (χ1n) is 6.37. The molecule has 21 heavy (non-hydrogen) atoms. The number of ether oxygens (including phenoxy) is 1. The zero-order valence-electron chi connectivity index (χ0n) is 11.3. The van der Waals surface area contributed by atoms with Crippen molar-refractivity contribution in [2.75, 3.05) is 13.7 Å². The molecular weight excluding hydrogens is 274 g/mol. The van der Waals surface area contributed by atoms with E-state index in [1.54, 1.807) is 31.5 Å². The van der Waals surface area contributed by atoms with Crippen LogP contribution in [0.3, 0.4) is 0 Å². The number of aromatic amines is 1. The van der Waals surface area contributed by atoms with E-state index in [0.29, 0.717) is 35.5 Å². The number of nitrogens with zero attached hydrogens (tertiary/aromatic N) is 2. The average molecular weight is 287 g/mol. The molecule has 1 N–H and O–H groups in total. The van der Waals surface area contributed by atoms with Crippen molar-refractivity contribution in [2.24, 2.45) is 0 Å². The van der Waals surface area contributed by atoms with E-state index in [-0.39, 0.29) is 0 Å². The lowest BCUT2D eigenvalue weighted by molar-refractivity contribution is 0.187. The molecule has 3 heterocycles. The van der Waals surface area contributed by atoms with Gasteiger partial charge < -0.3 is 9.15 Å². The van der Waals surface area contributed by atoms with Crippen molar-refractivity contribution in [1.29, 1.82) is 0 Å². The van der Waals surface area contributed by atoms with Crippen molar-refractivity contribution in [1.82, 2.24) is 14.5 Å². The molecule has 3 rings (SSSR count). The van der Waals surface area contributed by atoms with Gasteiger partial charge in [-0.25, -0.2) is 9.78 Å². The summed E-state index contributed by atoms with van der Waals surface area (Å²) in [6.45, 7) is 0.644. The van der Waals surface area contributed by atoms with Crippen molar-refractivity contribution in [3.05, 3.63) is 51.5 Å². The van der Waals surface area contributed by atoms with E-state index in [1.807, 2.05) is 0 Å². The highest BCUT2D eigenvalue weighted by molar-refractivity contribution is 5.90. The van der Waals surface area contributed by atoms with E-state index >= 15 is 0 Å². The molecule has 0 amide bonds. The van der Waals surface area contributed by atoms with Gasteiger partial charge in [-0.05, 0) is 18.2 Å². The first-order chi connectivity index (χ1) is 10.2. The van der Waals surface area contributed by atoms with E-state index in [2.05, 4.69) is 9.97 Å². The molecule has 0 radical (unpaired) electrons. The summed E-state index contributed by atoms with van der Waals surface area (Å²) in [4.78, 5) is 30.6. The predicted octanol–water partition coefficient (Wildman–Crippen LogP) is 0.991. The third-order valence-electron chi connectivity index (χ3n) is 3.18. The summed E-state index contributed by atoms with van der Waals surface area (Å²) in [7, 11) is 1.54. The Labute approximate surface area is 118 Å². The molecule has 0 fully saturated rings. The number of fused-ring (bicyclic) bond motifs is 1. The normalized spacial score (nSPS) is 11.1. The van der Waals surface area contributed by atoms with Crippen molar-refractivity contribution < 1.29 is 9.15 Å². The van der Waals surface area contributed by atoms with E-state index in [9.17, 15) is 9.59 Å². The number of aromatic nitrogens is 3. The summed E-state index contributed by atoms with van der Waals surface area (Å²) in [6, 6.07) is 5.16. The fourth-order valence-corrected chi connectivity index (χ4v) is 2.23. The number of rotatable bonds is 4. The Morgan fingerprint density at radius 3 is 2.95 bits per heavy atom. The molecule has 7 heteroatoms. The van der Waals surface area contributed by atoms with Crippen LogP contribution in [0.4, 0.5) is 0 Å². The Bertz CT molecular complexity index is 877. The van der Waals surface area contributed by atoms with Crippen molar-refractivity contribution >= 4 is 11.0 Å². The van der Waals surface area contributed by atoms with E-state index in [1.165, 1.54) is 10.8 Å². The van der Waals surface area contributed by atoms with Crippen LogP contribution in [-0.4, -0.2) is 28.3 Å². The van der Waals surface area contributed by atoms with Crippen molar-refractivity contribution in [3.63, 3.8) is 0 Å². The minimum Gasteiger partial charge on any atom is -0.464 e. The molecular formula is C14H13N3O4. The second-order valence-corrected chi connectivity index (χ2v) is 4.44. The lowest BCUT2D eigenvalue weighted by Crippen LogP contribution is -2.32. The van der Waals surface area contributed by atoms with Crippen LogP contribution in [0.15, 0.2) is 44.7 Å². The van der Waals surface area contributed by atoms with Gasteiger partial charge in [0.25, 0.3) is 5.56 Å². The number of furan rings is 1. The zero-order valence-corrected chi connectivity index (χ0v) is 11.3. The summed E-state index contributed by atoms with van der Waals surface area (Å²) in [6.07, 6.45) is 3.07. The van der Waals surface area contributed by atoms with Crippen LogP contribution in [0.1, 0.15) is 0 Å². The van der Waals surface area contributed by atoms with Gasteiger partial charge in [0, 0.05) is 18.9 Å². The fraction of sp³-hybridized carbons (Fsp3) is 0.214. The second-order valence-electron chi connectivity index (χ2n) is 4.44. The van der Waals surface area contributed by atoms with Gasteiger partial charge in [-0.1, -0.05) is 0 Å². The maximum Gasteiger partial charge on any atom is 0.330 e. The van der Waals surface area contributed by atoms with Crippen LogP contribution in [0.25, 0.3) is 22.4 Å². The predicted molar refractivity (Wildman–Crippen MR) is 76.2 cm³/mol. The Hall–Kier alpha value is -2.67. The molecule has 3 aromatic heterocycles. The van der Waals surface area contributed by atoms with Gasteiger partial charge in [-0.3, -0.25) is 14.3 Å². The Kier molecular flexibility index (Phi) is 3.41. The topological polar surface area (TPSA) is 90.1 Å². The van der Waals surface area contributed by atoms with E-state index in [0.717, 1.165) is 0 Å². The maximum absolute atomic E-state index is 12.2. The number of H-pyrrole nitrogens is 1. The van der Waals surface area contributed by atoms with Crippen LogP contribution < -0.4 is 11.2 Å². The quantitative estimate of drug-likeness (QED) is 0.772. The molecule has 0 atom stereocenters. The Balaban J connectivity index is 2.34. The highest BCUT2D eigenvalue weighted by atomic mass is 16.5. The van der Waals surface area contributed by atoms with Gasteiger partial charge in [0.1, 0.15) is 11.4 Å². The van der Waals surface area contributed by atoms with Crippen molar-refractivity contribution in [3.8, 4) is 11.3 Å².